The minimum atomic E-state index is 0.477. The average Bonchev–Trinajstić information content (AvgIpc) is 2.19. The van der Waals surface area contributed by atoms with Gasteiger partial charge in [-0.3, -0.25) is 0 Å². The third kappa shape index (κ3) is 2.48. The maximum absolute atomic E-state index is 5.21. The molecule has 0 aliphatic carbocycles. The van der Waals surface area contributed by atoms with Gasteiger partial charge in [-0.05, 0) is 38.2 Å². The normalized spacial score (nSPS) is 12.9. The number of benzene rings is 1. The van der Waals surface area contributed by atoms with Crippen molar-refractivity contribution in [3.8, 4) is 5.75 Å². The lowest BCUT2D eigenvalue weighted by molar-refractivity contribution is 0.291. The van der Waals surface area contributed by atoms with Crippen molar-refractivity contribution in [3.63, 3.8) is 0 Å². The van der Waals surface area contributed by atoms with Crippen molar-refractivity contribution in [1.29, 1.82) is 0 Å². The highest BCUT2D eigenvalue weighted by Gasteiger charge is 2.11. The molecule has 1 rings (SSSR count). The molecule has 14 heavy (non-hydrogen) atoms. The molecule has 0 N–H and O–H groups in total. The van der Waals surface area contributed by atoms with Crippen molar-refractivity contribution in [2.75, 3.05) is 21.2 Å². The van der Waals surface area contributed by atoms with Crippen molar-refractivity contribution in [2.24, 2.45) is 0 Å². The van der Waals surface area contributed by atoms with Gasteiger partial charge in [0, 0.05) is 6.04 Å². The van der Waals surface area contributed by atoms with Gasteiger partial charge in [-0.2, -0.15) is 0 Å². The maximum Gasteiger partial charge on any atom is 0.119 e. The summed E-state index contributed by atoms with van der Waals surface area (Å²) in [4.78, 5) is 2.23. The SMILES string of the molecule is CCC(c1cccc(OC)c1)N(C)C. The van der Waals surface area contributed by atoms with Gasteiger partial charge in [0.15, 0.2) is 0 Å². The first kappa shape index (κ1) is 11.1. The van der Waals surface area contributed by atoms with Gasteiger partial charge in [0.05, 0.1) is 7.11 Å². The fraction of sp³-hybridized carbons (Fsp3) is 0.500. The van der Waals surface area contributed by atoms with Gasteiger partial charge in [-0.1, -0.05) is 19.1 Å². The molecule has 1 aromatic carbocycles. The number of hydrogen-bond acceptors (Lipinski definition) is 2. The van der Waals surface area contributed by atoms with Crippen molar-refractivity contribution in [2.45, 2.75) is 19.4 Å². The molecule has 0 aliphatic heterocycles. The standard InChI is InChI=1S/C12H19NO/c1-5-12(13(2)3)10-7-6-8-11(9-10)14-4/h6-9,12H,5H2,1-4H3. The van der Waals surface area contributed by atoms with E-state index in [2.05, 4.69) is 38.1 Å². The lowest BCUT2D eigenvalue weighted by Crippen LogP contribution is -2.19. The van der Waals surface area contributed by atoms with Crippen LogP contribution in [0.3, 0.4) is 0 Å². The molecule has 2 nitrogen and oxygen atoms in total. The van der Waals surface area contributed by atoms with Crippen LogP contribution in [-0.4, -0.2) is 26.1 Å². The van der Waals surface area contributed by atoms with E-state index in [1.54, 1.807) is 7.11 Å². The maximum atomic E-state index is 5.21. The molecule has 0 heterocycles. The van der Waals surface area contributed by atoms with Crippen molar-refractivity contribution in [1.82, 2.24) is 4.90 Å². The monoisotopic (exact) mass is 193 g/mol. The van der Waals surface area contributed by atoms with E-state index >= 15 is 0 Å². The van der Waals surface area contributed by atoms with Crippen LogP contribution in [0, 0.1) is 0 Å². The molecule has 0 radical (unpaired) electrons. The number of nitrogens with zero attached hydrogens (tertiary/aromatic N) is 1. The lowest BCUT2D eigenvalue weighted by atomic mass is 10.0. The van der Waals surface area contributed by atoms with Crippen LogP contribution in [0.5, 0.6) is 5.75 Å². The summed E-state index contributed by atoms with van der Waals surface area (Å²) in [6.07, 6.45) is 1.11. The predicted molar refractivity (Wildman–Crippen MR) is 59.7 cm³/mol. The van der Waals surface area contributed by atoms with Crippen LogP contribution in [0.2, 0.25) is 0 Å². The summed E-state index contributed by atoms with van der Waals surface area (Å²) in [5.74, 6) is 0.933. The van der Waals surface area contributed by atoms with E-state index < -0.39 is 0 Å². The van der Waals surface area contributed by atoms with E-state index in [4.69, 9.17) is 4.74 Å². The van der Waals surface area contributed by atoms with Gasteiger partial charge in [0.25, 0.3) is 0 Å². The summed E-state index contributed by atoms with van der Waals surface area (Å²) in [5.41, 5.74) is 1.32. The minimum Gasteiger partial charge on any atom is -0.497 e. The fourth-order valence-electron chi connectivity index (χ4n) is 1.75. The highest BCUT2D eigenvalue weighted by molar-refractivity contribution is 5.30. The molecule has 1 atom stereocenters. The van der Waals surface area contributed by atoms with Gasteiger partial charge in [0.2, 0.25) is 0 Å². The molecular formula is C12H19NO. The molecular weight excluding hydrogens is 174 g/mol. The van der Waals surface area contributed by atoms with Gasteiger partial charge in [0.1, 0.15) is 5.75 Å². The summed E-state index contributed by atoms with van der Waals surface area (Å²) in [6, 6.07) is 8.75. The molecule has 0 fully saturated rings. The molecule has 0 amide bonds. The van der Waals surface area contributed by atoms with Crippen LogP contribution in [0.25, 0.3) is 0 Å². The zero-order valence-electron chi connectivity index (χ0n) is 9.45. The summed E-state index contributed by atoms with van der Waals surface area (Å²) in [5, 5.41) is 0. The largest absolute Gasteiger partial charge is 0.497 e. The lowest BCUT2D eigenvalue weighted by Gasteiger charge is -2.23. The van der Waals surface area contributed by atoms with Gasteiger partial charge >= 0.3 is 0 Å². The first-order chi connectivity index (χ1) is 6.69. The Hall–Kier alpha value is -1.02. The highest BCUT2D eigenvalue weighted by Crippen LogP contribution is 2.24. The summed E-state index contributed by atoms with van der Waals surface area (Å²) >= 11 is 0. The Balaban J connectivity index is 2.92. The summed E-state index contributed by atoms with van der Waals surface area (Å²) in [6.45, 7) is 2.20. The molecule has 1 unspecified atom stereocenters. The Kier molecular flexibility index (Phi) is 3.96. The van der Waals surface area contributed by atoms with Crippen LogP contribution in [0.15, 0.2) is 24.3 Å². The fourth-order valence-corrected chi connectivity index (χ4v) is 1.75. The van der Waals surface area contributed by atoms with Crippen LogP contribution >= 0.6 is 0 Å². The average molecular weight is 193 g/mol. The first-order valence-electron chi connectivity index (χ1n) is 4.99. The topological polar surface area (TPSA) is 12.5 Å². The van der Waals surface area contributed by atoms with E-state index in [1.807, 2.05) is 12.1 Å². The molecule has 0 saturated heterocycles. The molecule has 0 aliphatic rings. The van der Waals surface area contributed by atoms with E-state index in [1.165, 1.54) is 5.56 Å². The smallest absolute Gasteiger partial charge is 0.119 e. The molecule has 2 heteroatoms. The molecule has 78 valence electrons. The Morgan fingerprint density at radius 2 is 2.07 bits per heavy atom. The van der Waals surface area contributed by atoms with Gasteiger partial charge in [-0.25, -0.2) is 0 Å². The second-order valence-electron chi connectivity index (χ2n) is 3.66. The van der Waals surface area contributed by atoms with Crippen LogP contribution in [0.1, 0.15) is 24.9 Å². The third-order valence-corrected chi connectivity index (χ3v) is 2.49. The van der Waals surface area contributed by atoms with Gasteiger partial charge < -0.3 is 9.64 Å². The molecule has 0 aromatic heterocycles. The van der Waals surface area contributed by atoms with E-state index in [0.29, 0.717) is 6.04 Å². The van der Waals surface area contributed by atoms with Crippen molar-refractivity contribution < 1.29 is 4.74 Å². The van der Waals surface area contributed by atoms with Gasteiger partial charge in [-0.15, -0.1) is 0 Å². The Labute approximate surface area is 86.5 Å². The van der Waals surface area contributed by atoms with Crippen LogP contribution in [0.4, 0.5) is 0 Å². The van der Waals surface area contributed by atoms with E-state index in [9.17, 15) is 0 Å². The van der Waals surface area contributed by atoms with E-state index in [0.717, 1.165) is 12.2 Å². The Morgan fingerprint density at radius 1 is 1.36 bits per heavy atom. The number of methoxy groups -OCH3 is 1. The van der Waals surface area contributed by atoms with E-state index in [-0.39, 0.29) is 0 Å². The minimum absolute atomic E-state index is 0.477. The summed E-state index contributed by atoms with van der Waals surface area (Å²) < 4.78 is 5.21. The molecule has 0 bridgehead atoms. The van der Waals surface area contributed by atoms with Crippen molar-refractivity contribution >= 4 is 0 Å². The number of hydrogen-bond donors (Lipinski definition) is 0. The predicted octanol–water partition coefficient (Wildman–Crippen LogP) is 2.71. The zero-order valence-corrected chi connectivity index (χ0v) is 9.45. The number of rotatable bonds is 4. The summed E-state index contributed by atoms with van der Waals surface area (Å²) in [7, 11) is 5.91. The second kappa shape index (κ2) is 5.01. The Bertz CT molecular complexity index is 283. The second-order valence-corrected chi connectivity index (χ2v) is 3.66. The molecule has 0 saturated carbocycles. The number of ether oxygens (including phenoxy) is 1. The Morgan fingerprint density at radius 3 is 2.57 bits per heavy atom. The first-order valence-corrected chi connectivity index (χ1v) is 4.99. The van der Waals surface area contributed by atoms with Crippen LogP contribution < -0.4 is 4.74 Å². The zero-order chi connectivity index (χ0) is 10.6. The molecule has 1 aromatic rings. The quantitative estimate of drug-likeness (QED) is 0.729. The third-order valence-electron chi connectivity index (χ3n) is 2.49. The van der Waals surface area contributed by atoms with Crippen LogP contribution in [-0.2, 0) is 0 Å². The molecule has 0 spiro atoms. The highest BCUT2D eigenvalue weighted by atomic mass is 16.5. The van der Waals surface area contributed by atoms with Crippen molar-refractivity contribution in [3.05, 3.63) is 29.8 Å².